The fraction of sp³-hybridized carbons (Fsp3) is 0.308. The molecule has 1 atom stereocenters. The van der Waals surface area contributed by atoms with Crippen LogP contribution in [0.15, 0.2) is 65.5 Å². The fourth-order valence-electron chi connectivity index (χ4n) is 4.44. The number of nitrogens with zero attached hydrogens (tertiary/aromatic N) is 1. The van der Waals surface area contributed by atoms with Crippen molar-refractivity contribution in [3.63, 3.8) is 0 Å². The van der Waals surface area contributed by atoms with Gasteiger partial charge >= 0.3 is 0 Å². The summed E-state index contributed by atoms with van der Waals surface area (Å²) in [6.45, 7) is 3.75. The Bertz CT molecular complexity index is 1150. The van der Waals surface area contributed by atoms with Gasteiger partial charge in [0.25, 0.3) is 11.5 Å². The number of amides is 1. The standard InChI is InChI=1S/C26H27FN2O2/c1-3-18-16-23(30)29(22-13-5-4-6-14-22)17(2)24(18)26(31)28-25(19-9-7-10-19)20-11-8-12-21(27)15-20/h4-6,8,11-16,19,25H,3,7,9-10H2,1-2H3,(H,28,31). The number of carbonyl (C=O) groups is 1. The number of para-hydroxylation sites is 1. The molecule has 31 heavy (non-hydrogen) atoms. The van der Waals surface area contributed by atoms with E-state index < -0.39 is 0 Å². The number of hydrogen-bond donors (Lipinski definition) is 1. The third kappa shape index (κ3) is 4.18. The van der Waals surface area contributed by atoms with Gasteiger partial charge in [0.1, 0.15) is 5.82 Å². The molecule has 1 N–H and O–H groups in total. The molecule has 0 spiro atoms. The predicted octanol–water partition coefficient (Wildman–Crippen LogP) is 5.12. The van der Waals surface area contributed by atoms with Crippen LogP contribution >= 0.6 is 0 Å². The van der Waals surface area contributed by atoms with E-state index in [0.29, 0.717) is 17.7 Å². The van der Waals surface area contributed by atoms with E-state index in [1.54, 1.807) is 16.7 Å². The number of pyridine rings is 1. The van der Waals surface area contributed by atoms with Crippen molar-refractivity contribution < 1.29 is 9.18 Å². The summed E-state index contributed by atoms with van der Waals surface area (Å²) in [4.78, 5) is 26.4. The van der Waals surface area contributed by atoms with Gasteiger partial charge in [-0.05, 0) is 67.5 Å². The predicted molar refractivity (Wildman–Crippen MR) is 120 cm³/mol. The molecule has 4 rings (SSSR count). The number of hydrogen-bond acceptors (Lipinski definition) is 2. The van der Waals surface area contributed by atoms with Gasteiger partial charge in [0.2, 0.25) is 0 Å². The van der Waals surface area contributed by atoms with Crippen LogP contribution in [-0.4, -0.2) is 10.5 Å². The topological polar surface area (TPSA) is 51.1 Å². The molecular weight excluding hydrogens is 391 g/mol. The van der Waals surface area contributed by atoms with Crippen LogP contribution in [0.5, 0.6) is 0 Å². The second kappa shape index (κ2) is 8.88. The Labute approximate surface area is 181 Å². The molecule has 5 heteroatoms. The third-order valence-electron chi connectivity index (χ3n) is 6.27. The van der Waals surface area contributed by atoms with E-state index in [1.165, 1.54) is 12.1 Å². The van der Waals surface area contributed by atoms with Crippen LogP contribution in [0.25, 0.3) is 5.69 Å². The van der Waals surface area contributed by atoms with Crippen molar-refractivity contribution >= 4 is 5.91 Å². The van der Waals surface area contributed by atoms with Crippen LogP contribution in [0.4, 0.5) is 4.39 Å². The SMILES string of the molecule is CCc1cc(=O)n(-c2ccccc2)c(C)c1C(=O)NC(c1cccc(F)c1)C1CCC1. The minimum Gasteiger partial charge on any atom is -0.345 e. The van der Waals surface area contributed by atoms with Crippen molar-refractivity contribution in [1.82, 2.24) is 9.88 Å². The van der Waals surface area contributed by atoms with E-state index in [2.05, 4.69) is 5.32 Å². The number of carbonyl (C=O) groups excluding carboxylic acids is 1. The average molecular weight is 419 g/mol. The number of rotatable bonds is 6. The summed E-state index contributed by atoms with van der Waals surface area (Å²) in [5.74, 6) is -0.240. The smallest absolute Gasteiger partial charge is 0.255 e. The largest absolute Gasteiger partial charge is 0.345 e. The minimum atomic E-state index is -0.306. The number of nitrogens with one attached hydrogen (secondary N) is 1. The van der Waals surface area contributed by atoms with Gasteiger partial charge in [-0.3, -0.25) is 14.2 Å². The summed E-state index contributed by atoms with van der Waals surface area (Å²) in [6.07, 6.45) is 3.70. The lowest BCUT2D eigenvalue weighted by Crippen LogP contribution is -2.38. The summed E-state index contributed by atoms with van der Waals surface area (Å²) in [7, 11) is 0. The van der Waals surface area contributed by atoms with Gasteiger partial charge in [-0.15, -0.1) is 0 Å². The van der Waals surface area contributed by atoms with E-state index in [4.69, 9.17) is 0 Å². The average Bonchev–Trinajstić information content (AvgIpc) is 2.72. The molecule has 4 nitrogen and oxygen atoms in total. The molecule has 1 aliphatic carbocycles. The Kier molecular flexibility index (Phi) is 6.03. The summed E-state index contributed by atoms with van der Waals surface area (Å²) < 4.78 is 15.5. The van der Waals surface area contributed by atoms with Crippen LogP contribution in [0.2, 0.25) is 0 Å². The molecule has 0 radical (unpaired) electrons. The van der Waals surface area contributed by atoms with Gasteiger partial charge < -0.3 is 5.32 Å². The van der Waals surface area contributed by atoms with Gasteiger partial charge in [0.15, 0.2) is 0 Å². The molecule has 160 valence electrons. The lowest BCUT2D eigenvalue weighted by molar-refractivity contribution is 0.0898. The van der Waals surface area contributed by atoms with E-state index in [0.717, 1.165) is 36.1 Å². The monoisotopic (exact) mass is 418 g/mol. The Morgan fingerprint density at radius 3 is 2.48 bits per heavy atom. The maximum absolute atomic E-state index is 13.9. The van der Waals surface area contributed by atoms with E-state index >= 15 is 0 Å². The lowest BCUT2D eigenvalue weighted by Gasteiger charge is -2.35. The summed E-state index contributed by atoms with van der Waals surface area (Å²) >= 11 is 0. The highest BCUT2D eigenvalue weighted by molar-refractivity contribution is 5.97. The Morgan fingerprint density at radius 1 is 1.13 bits per heavy atom. The highest BCUT2D eigenvalue weighted by Crippen LogP contribution is 2.38. The second-order valence-corrected chi connectivity index (χ2v) is 8.19. The molecule has 1 aromatic heterocycles. The molecule has 1 unspecified atom stereocenters. The first kappa shape index (κ1) is 21.0. The first-order valence-electron chi connectivity index (χ1n) is 10.9. The van der Waals surface area contributed by atoms with Gasteiger partial charge in [0.05, 0.1) is 11.6 Å². The van der Waals surface area contributed by atoms with Gasteiger partial charge in [-0.2, -0.15) is 0 Å². The Balaban J connectivity index is 1.75. The highest BCUT2D eigenvalue weighted by atomic mass is 19.1. The number of halogens is 1. The zero-order valence-electron chi connectivity index (χ0n) is 17.9. The normalized spacial score (nSPS) is 14.7. The van der Waals surface area contributed by atoms with Gasteiger partial charge in [-0.1, -0.05) is 43.7 Å². The highest BCUT2D eigenvalue weighted by Gasteiger charge is 2.31. The molecule has 1 aliphatic rings. The fourth-order valence-corrected chi connectivity index (χ4v) is 4.44. The number of aromatic nitrogens is 1. The maximum Gasteiger partial charge on any atom is 0.255 e. The van der Waals surface area contributed by atoms with Crippen molar-refractivity contribution in [3.05, 3.63) is 99.2 Å². The number of benzene rings is 2. The van der Waals surface area contributed by atoms with Crippen molar-refractivity contribution in [1.29, 1.82) is 0 Å². The molecular formula is C26H27FN2O2. The zero-order valence-corrected chi connectivity index (χ0v) is 17.9. The van der Waals surface area contributed by atoms with Crippen molar-refractivity contribution in [2.24, 2.45) is 5.92 Å². The number of aryl methyl sites for hydroxylation is 1. The zero-order chi connectivity index (χ0) is 22.0. The van der Waals surface area contributed by atoms with Crippen LogP contribution in [0, 0.1) is 18.7 Å². The molecule has 1 heterocycles. The van der Waals surface area contributed by atoms with E-state index in [1.807, 2.05) is 50.2 Å². The van der Waals surface area contributed by atoms with Crippen LogP contribution in [-0.2, 0) is 6.42 Å². The van der Waals surface area contributed by atoms with Crippen LogP contribution in [0.3, 0.4) is 0 Å². The minimum absolute atomic E-state index is 0.155. The first-order chi connectivity index (χ1) is 15.0. The molecule has 1 amide bonds. The first-order valence-corrected chi connectivity index (χ1v) is 10.9. The van der Waals surface area contributed by atoms with Gasteiger partial charge in [0, 0.05) is 17.4 Å². The Hall–Kier alpha value is -3.21. The second-order valence-electron chi connectivity index (χ2n) is 8.19. The van der Waals surface area contributed by atoms with Crippen molar-refractivity contribution in [2.45, 2.75) is 45.6 Å². The molecule has 3 aromatic rings. The quantitative estimate of drug-likeness (QED) is 0.604. The summed E-state index contributed by atoms with van der Waals surface area (Å²) in [5.41, 5.74) is 3.20. The third-order valence-corrected chi connectivity index (χ3v) is 6.27. The molecule has 2 aromatic carbocycles. The molecule has 1 fully saturated rings. The van der Waals surface area contributed by atoms with Crippen molar-refractivity contribution in [2.75, 3.05) is 0 Å². The van der Waals surface area contributed by atoms with Crippen LogP contribution in [0.1, 0.15) is 59.4 Å². The molecule has 0 saturated heterocycles. The molecule has 0 bridgehead atoms. The molecule has 0 aliphatic heterocycles. The summed E-state index contributed by atoms with van der Waals surface area (Å²) in [6, 6.07) is 17.1. The molecule has 1 saturated carbocycles. The maximum atomic E-state index is 13.9. The van der Waals surface area contributed by atoms with Crippen LogP contribution < -0.4 is 10.9 Å². The van der Waals surface area contributed by atoms with E-state index in [-0.39, 0.29) is 29.2 Å². The van der Waals surface area contributed by atoms with Crippen molar-refractivity contribution in [3.8, 4) is 5.69 Å². The van der Waals surface area contributed by atoms with Gasteiger partial charge in [-0.25, -0.2) is 4.39 Å². The summed E-state index contributed by atoms with van der Waals surface area (Å²) in [5, 5.41) is 3.17. The lowest BCUT2D eigenvalue weighted by atomic mass is 9.77. The van der Waals surface area contributed by atoms with E-state index in [9.17, 15) is 14.0 Å². The Morgan fingerprint density at radius 2 is 1.87 bits per heavy atom.